The molecule has 20 heavy (non-hydrogen) atoms. The number of nitrogens with zero attached hydrogens (tertiary/aromatic N) is 4. The Labute approximate surface area is 120 Å². The van der Waals surface area contributed by atoms with E-state index < -0.39 is 5.60 Å². The Morgan fingerprint density at radius 2 is 1.75 bits per heavy atom. The summed E-state index contributed by atoms with van der Waals surface area (Å²) in [5.41, 5.74) is 0.112. The van der Waals surface area contributed by atoms with E-state index in [0.29, 0.717) is 18.0 Å². The van der Waals surface area contributed by atoms with E-state index >= 15 is 0 Å². The van der Waals surface area contributed by atoms with Crippen LogP contribution in [-0.4, -0.2) is 53.2 Å². The zero-order chi connectivity index (χ0) is 14.3. The monoisotopic (exact) mass is 276 g/mol. The molecule has 0 saturated carbocycles. The molecule has 0 radical (unpaired) electrons. The van der Waals surface area contributed by atoms with E-state index in [2.05, 4.69) is 21.9 Å². The second kappa shape index (κ2) is 4.97. The fourth-order valence-electron chi connectivity index (χ4n) is 3.68. The minimum atomic E-state index is -0.757. The van der Waals surface area contributed by atoms with Gasteiger partial charge < -0.3 is 14.9 Å². The average Bonchev–Trinajstić information content (AvgIpc) is 2.41. The summed E-state index contributed by atoms with van der Waals surface area (Å²) >= 11 is 0. The standard InChI is InChI=1S/C15H24N4O/c1-18(2)14-16-9-11(10-17-14)15(20)7-12-5-4-6-13(8-15)19(12)3/h9-10,12-13,20H,4-8H2,1-3H3. The highest BCUT2D eigenvalue weighted by Gasteiger charge is 2.45. The number of hydrogen-bond acceptors (Lipinski definition) is 5. The summed E-state index contributed by atoms with van der Waals surface area (Å²) < 4.78 is 0. The molecular weight excluding hydrogens is 252 g/mol. The Bertz CT molecular complexity index is 459. The van der Waals surface area contributed by atoms with Crippen LogP contribution >= 0.6 is 0 Å². The van der Waals surface area contributed by atoms with Gasteiger partial charge in [-0.1, -0.05) is 6.42 Å². The Morgan fingerprint density at radius 1 is 1.20 bits per heavy atom. The fourth-order valence-corrected chi connectivity index (χ4v) is 3.68. The maximum atomic E-state index is 11.1. The van der Waals surface area contributed by atoms with E-state index in [1.807, 2.05) is 19.0 Å². The van der Waals surface area contributed by atoms with Crippen molar-refractivity contribution in [2.45, 2.75) is 49.8 Å². The lowest BCUT2D eigenvalue weighted by Gasteiger charge is -2.50. The molecule has 5 heteroatoms. The minimum absolute atomic E-state index is 0.487. The third kappa shape index (κ3) is 2.29. The van der Waals surface area contributed by atoms with Crippen LogP contribution in [-0.2, 0) is 5.60 Å². The molecule has 110 valence electrons. The van der Waals surface area contributed by atoms with E-state index in [9.17, 15) is 5.11 Å². The third-order valence-corrected chi connectivity index (χ3v) is 4.95. The van der Waals surface area contributed by atoms with E-state index in [4.69, 9.17) is 0 Å². The summed E-state index contributed by atoms with van der Waals surface area (Å²) in [4.78, 5) is 13.0. The number of fused-ring (bicyclic) bond motifs is 2. The van der Waals surface area contributed by atoms with Gasteiger partial charge in [-0.25, -0.2) is 9.97 Å². The molecular formula is C15H24N4O. The van der Waals surface area contributed by atoms with Gasteiger partial charge >= 0.3 is 0 Å². The van der Waals surface area contributed by atoms with E-state index in [1.54, 1.807) is 12.4 Å². The number of aromatic nitrogens is 2. The molecule has 3 rings (SSSR count). The highest BCUT2D eigenvalue weighted by molar-refractivity contribution is 5.29. The van der Waals surface area contributed by atoms with Crippen LogP contribution in [0.5, 0.6) is 0 Å². The smallest absolute Gasteiger partial charge is 0.224 e. The first-order valence-corrected chi connectivity index (χ1v) is 7.44. The largest absolute Gasteiger partial charge is 0.385 e. The van der Waals surface area contributed by atoms with Gasteiger partial charge in [0.1, 0.15) is 0 Å². The third-order valence-electron chi connectivity index (χ3n) is 4.95. The van der Waals surface area contributed by atoms with Gasteiger partial charge in [-0.3, -0.25) is 0 Å². The summed E-state index contributed by atoms with van der Waals surface area (Å²) in [7, 11) is 6.03. The predicted octanol–water partition coefficient (Wildman–Crippen LogP) is 1.38. The summed E-state index contributed by atoms with van der Waals surface area (Å²) in [6.45, 7) is 0. The van der Waals surface area contributed by atoms with Crippen LogP contribution in [0.25, 0.3) is 0 Å². The van der Waals surface area contributed by atoms with E-state index in [1.165, 1.54) is 19.3 Å². The van der Waals surface area contributed by atoms with Gasteiger partial charge in [-0.05, 0) is 32.7 Å². The zero-order valence-electron chi connectivity index (χ0n) is 12.6. The molecule has 0 amide bonds. The van der Waals surface area contributed by atoms with Gasteiger partial charge in [0, 0.05) is 44.1 Å². The van der Waals surface area contributed by atoms with E-state index in [0.717, 1.165) is 18.4 Å². The SMILES string of the molecule is CN(C)c1ncc(C2(O)CC3CCCC(C2)N3C)cn1. The van der Waals surface area contributed by atoms with Crippen LogP contribution in [0.15, 0.2) is 12.4 Å². The van der Waals surface area contributed by atoms with Gasteiger partial charge in [-0.15, -0.1) is 0 Å². The lowest BCUT2D eigenvalue weighted by Crippen LogP contribution is -2.55. The molecule has 1 aromatic heterocycles. The Hall–Kier alpha value is -1.20. The van der Waals surface area contributed by atoms with Crippen LogP contribution < -0.4 is 4.90 Å². The first-order valence-electron chi connectivity index (χ1n) is 7.44. The zero-order valence-corrected chi connectivity index (χ0v) is 12.6. The van der Waals surface area contributed by atoms with Gasteiger partial charge in [0.05, 0.1) is 5.60 Å². The van der Waals surface area contributed by atoms with Crippen molar-refractivity contribution in [2.75, 3.05) is 26.0 Å². The summed E-state index contributed by atoms with van der Waals surface area (Å²) in [5, 5.41) is 11.1. The first-order chi connectivity index (χ1) is 9.49. The second-order valence-corrected chi connectivity index (χ2v) is 6.51. The molecule has 2 bridgehead atoms. The van der Waals surface area contributed by atoms with Gasteiger partial charge in [0.15, 0.2) is 0 Å². The molecule has 2 fully saturated rings. The van der Waals surface area contributed by atoms with Gasteiger partial charge in [0.25, 0.3) is 0 Å². The molecule has 2 unspecified atom stereocenters. The van der Waals surface area contributed by atoms with Gasteiger partial charge in [-0.2, -0.15) is 0 Å². The Morgan fingerprint density at radius 3 is 2.25 bits per heavy atom. The maximum absolute atomic E-state index is 11.1. The molecule has 2 aliphatic rings. The van der Waals surface area contributed by atoms with Crippen molar-refractivity contribution in [3.8, 4) is 0 Å². The Kier molecular flexibility index (Phi) is 3.42. The number of rotatable bonds is 2. The molecule has 5 nitrogen and oxygen atoms in total. The lowest BCUT2D eigenvalue weighted by molar-refractivity contribution is -0.0878. The molecule has 2 aliphatic heterocycles. The second-order valence-electron chi connectivity index (χ2n) is 6.51. The van der Waals surface area contributed by atoms with Crippen molar-refractivity contribution in [3.05, 3.63) is 18.0 Å². The molecule has 1 aromatic rings. The van der Waals surface area contributed by atoms with Crippen LogP contribution in [0.3, 0.4) is 0 Å². The van der Waals surface area contributed by atoms with Crippen LogP contribution in [0, 0.1) is 0 Å². The molecule has 2 atom stereocenters. The van der Waals surface area contributed by atoms with Crippen LogP contribution in [0.2, 0.25) is 0 Å². The topological polar surface area (TPSA) is 52.5 Å². The highest BCUT2D eigenvalue weighted by Crippen LogP contribution is 2.43. The average molecular weight is 276 g/mol. The van der Waals surface area contributed by atoms with Crippen molar-refractivity contribution in [2.24, 2.45) is 0 Å². The summed E-state index contributed by atoms with van der Waals surface area (Å²) in [6, 6.07) is 0.974. The van der Waals surface area contributed by atoms with Crippen molar-refractivity contribution in [3.63, 3.8) is 0 Å². The summed E-state index contributed by atoms with van der Waals surface area (Å²) in [5.74, 6) is 0.686. The molecule has 3 heterocycles. The molecule has 0 aliphatic carbocycles. The Balaban J connectivity index is 1.85. The number of piperidine rings is 2. The quantitative estimate of drug-likeness (QED) is 0.884. The van der Waals surface area contributed by atoms with Crippen molar-refractivity contribution >= 4 is 5.95 Å². The van der Waals surface area contributed by atoms with Crippen LogP contribution in [0.4, 0.5) is 5.95 Å². The van der Waals surface area contributed by atoms with Gasteiger partial charge in [0.2, 0.25) is 5.95 Å². The molecule has 1 N–H and O–H groups in total. The normalized spacial score (nSPS) is 34.0. The molecule has 0 aromatic carbocycles. The number of aliphatic hydroxyl groups is 1. The van der Waals surface area contributed by atoms with Crippen LogP contribution in [0.1, 0.15) is 37.7 Å². The number of hydrogen-bond donors (Lipinski definition) is 1. The number of anilines is 1. The van der Waals surface area contributed by atoms with Crippen molar-refractivity contribution < 1.29 is 5.11 Å². The lowest BCUT2D eigenvalue weighted by atomic mass is 9.73. The molecule has 2 saturated heterocycles. The highest BCUT2D eigenvalue weighted by atomic mass is 16.3. The predicted molar refractivity (Wildman–Crippen MR) is 78.7 cm³/mol. The maximum Gasteiger partial charge on any atom is 0.224 e. The first kappa shape index (κ1) is 13.8. The van der Waals surface area contributed by atoms with Crippen molar-refractivity contribution in [1.29, 1.82) is 0 Å². The minimum Gasteiger partial charge on any atom is -0.385 e. The van der Waals surface area contributed by atoms with Crippen molar-refractivity contribution in [1.82, 2.24) is 14.9 Å². The van der Waals surface area contributed by atoms with E-state index in [-0.39, 0.29) is 0 Å². The fraction of sp³-hybridized carbons (Fsp3) is 0.733. The summed E-state index contributed by atoms with van der Waals surface area (Å²) in [6.07, 6.45) is 8.84. The molecule has 0 spiro atoms.